The van der Waals surface area contributed by atoms with Gasteiger partial charge >= 0.3 is 0 Å². The minimum absolute atomic E-state index is 0.0490. The summed E-state index contributed by atoms with van der Waals surface area (Å²) in [6.45, 7) is 13.6. The first-order valence-electron chi connectivity index (χ1n) is 11.2. The summed E-state index contributed by atoms with van der Waals surface area (Å²) >= 11 is 0. The minimum Gasteiger partial charge on any atom is -0.351 e. The van der Waals surface area contributed by atoms with Gasteiger partial charge in [0.1, 0.15) is 5.69 Å². The number of nitrogens with one attached hydrogen (secondary N) is 1. The van der Waals surface area contributed by atoms with E-state index in [9.17, 15) is 9.59 Å². The Hall–Kier alpha value is -2.34. The van der Waals surface area contributed by atoms with E-state index in [1.54, 1.807) is 0 Å². The number of aromatic amines is 1. The predicted octanol–water partition coefficient (Wildman–Crippen LogP) is 3.05. The summed E-state index contributed by atoms with van der Waals surface area (Å²) in [5.74, 6) is 1.44. The van der Waals surface area contributed by atoms with Gasteiger partial charge in [-0.3, -0.25) is 14.5 Å². The minimum atomic E-state index is 0.0490. The monoisotopic (exact) mass is 410 g/mol. The van der Waals surface area contributed by atoms with Gasteiger partial charge in [0, 0.05) is 50.2 Å². The van der Waals surface area contributed by atoms with Gasteiger partial charge < -0.3 is 14.8 Å². The topological polar surface area (TPSA) is 59.7 Å². The summed E-state index contributed by atoms with van der Waals surface area (Å²) in [5, 5.41) is 1.11. The van der Waals surface area contributed by atoms with E-state index in [-0.39, 0.29) is 11.8 Å². The molecule has 0 saturated carbocycles. The van der Waals surface area contributed by atoms with Gasteiger partial charge in [-0.2, -0.15) is 0 Å². The van der Waals surface area contributed by atoms with Crippen molar-refractivity contribution in [2.24, 2.45) is 11.8 Å². The van der Waals surface area contributed by atoms with E-state index in [4.69, 9.17) is 0 Å². The third kappa shape index (κ3) is 4.38. The SMILES string of the molecule is Cc1cc(C)c2cc(C(=O)N3CCN(CC(=O)N4C[C@H](C)C[C@H](C)C4)CC3)[nH]c2c1. The number of carbonyl (C=O) groups is 2. The van der Waals surface area contributed by atoms with E-state index in [2.05, 4.69) is 49.7 Å². The van der Waals surface area contributed by atoms with Crippen LogP contribution in [0.25, 0.3) is 10.9 Å². The van der Waals surface area contributed by atoms with Crippen LogP contribution in [-0.2, 0) is 4.79 Å². The van der Waals surface area contributed by atoms with Crippen molar-refractivity contribution in [3.05, 3.63) is 35.0 Å². The molecule has 0 spiro atoms. The Morgan fingerprint density at radius 3 is 2.30 bits per heavy atom. The molecular formula is C24H34N4O2. The van der Waals surface area contributed by atoms with Gasteiger partial charge in [-0.25, -0.2) is 0 Å². The van der Waals surface area contributed by atoms with E-state index < -0.39 is 0 Å². The van der Waals surface area contributed by atoms with Crippen molar-refractivity contribution in [2.45, 2.75) is 34.1 Å². The number of rotatable bonds is 3. The molecule has 2 fully saturated rings. The predicted molar refractivity (Wildman–Crippen MR) is 120 cm³/mol. The number of H-pyrrole nitrogens is 1. The summed E-state index contributed by atoms with van der Waals surface area (Å²) in [4.78, 5) is 35.2. The number of likely N-dealkylation sites (tertiary alicyclic amines) is 1. The van der Waals surface area contributed by atoms with Crippen LogP contribution in [0.2, 0.25) is 0 Å². The Kier molecular flexibility index (Phi) is 5.87. The highest BCUT2D eigenvalue weighted by atomic mass is 16.2. The van der Waals surface area contributed by atoms with Crippen LogP contribution in [0.4, 0.5) is 0 Å². The number of amides is 2. The molecule has 1 N–H and O–H groups in total. The molecule has 2 aromatic rings. The number of nitrogens with zero attached hydrogens (tertiary/aromatic N) is 3. The fraction of sp³-hybridized carbons (Fsp3) is 0.583. The van der Waals surface area contributed by atoms with Crippen LogP contribution < -0.4 is 0 Å². The third-order valence-corrected chi connectivity index (χ3v) is 6.56. The molecule has 30 heavy (non-hydrogen) atoms. The molecule has 6 nitrogen and oxygen atoms in total. The van der Waals surface area contributed by atoms with Crippen LogP contribution in [0.15, 0.2) is 18.2 Å². The Morgan fingerprint density at radius 2 is 1.63 bits per heavy atom. The first kappa shape index (κ1) is 20.9. The number of piperazine rings is 1. The zero-order valence-corrected chi connectivity index (χ0v) is 18.7. The lowest BCUT2D eigenvalue weighted by molar-refractivity contribution is -0.135. The van der Waals surface area contributed by atoms with Crippen molar-refractivity contribution in [2.75, 3.05) is 45.8 Å². The van der Waals surface area contributed by atoms with Crippen molar-refractivity contribution in [1.29, 1.82) is 0 Å². The molecule has 2 amide bonds. The van der Waals surface area contributed by atoms with E-state index in [0.29, 0.717) is 37.2 Å². The maximum absolute atomic E-state index is 13.0. The van der Waals surface area contributed by atoms with Crippen LogP contribution in [0.5, 0.6) is 0 Å². The number of aromatic nitrogens is 1. The van der Waals surface area contributed by atoms with Gasteiger partial charge in [0.25, 0.3) is 5.91 Å². The molecule has 0 unspecified atom stereocenters. The molecule has 2 aliphatic heterocycles. The molecule has 0 aliphatic carbocycles. The van der Waals surface area contributed by atoms with Gasteiger partial charge in [0.05, 0.1) is 6.54 Å². The summed E-state index contributed by atoms with van der Waals surface area (Å²) in [7, 11) is 0. The number of piperidine rings is 1. The van der Waals surface area contributed by atoms with Gasteiger partial charge in [-0.05, 0) is 55.4 Å². The third-order valence-electron chi connectivity index (χ3n) is 6.56. The quantitative estimate of drug-likeness (QED) is 0.846. The Morgan fingerprint density at radius 1 is 0.967 bits per heavy atom. The number of hydrogen-bond acceptors (Lipinski definition) is 3. The molecule has 3 heterocycles. The number of fused-ring (bicyclic) bond motifs is 1. The first-order valence-corrected chi connectivity index (χ1v) is 11.2. The van der Waals surface area contributed by atoms with Crippen LogP contribution in [0.1, 0.15) is 41.9 Å². The van der Waals surface area contributed by atoms with Gasteiger partial charge in [0.15, 0.2) is 0 Å². The lowest BCUT2D eigenvalue weighted by Gasteiger charge is -2.38. The highest BCUT2D eigenvalue weighted by Crippen LogP contribution is 2.23. The standard InChI is InChI=1S/C24H34N4O2/c1-16-10-19(4)20-12-22(25-21(20)11-16)24(30)27-7-5-26(6-8-27)15-23(29)28-13-17(2)9-18(3)14-28/h10-12,17-18,25H,5-9,13-15H2,1-4H3/t17-,18+. The molecule has 2 saturated heterocycles. The lowest BCUT2D eigenvalue weighted by atomic mass is 9.92. The Labute approximate surface area is 179 Å². The second-order valence-corrected chi connectivity index (χ2v) is 9.54. The van der Waals surface area contributed by atoms with Crippen LogP contribution in [0, 0.1) is 25.7 Å². The number of hydrogen-bond donors (Lipinski definition) is 1. The summed E-state index contributed by atoms with van der Waals surface area (Å²) < 4.78 is 0. The summed E-state index contributed by atoms with van der Waals surface area (Å²) in [6, 6.07) is 6.20. The molecule has 0 radical (unpaired) electrons. The second-order valence-electron chi connectivity index (χ2n) is 9.54. The van der Waals surface area contributed by atoms with E-state index >= 15 is 0 Å². The Bertz CT molecular complexity index is 932. The van der Waals surface area contributed by atoms with Crippen LogP contribution in [0.3, 0.4) is 0 Å². The molecule has 162 valence electrons. The van der Waals surface area contributed by atoms with E-state index in [0.717, 1.165) is 37.1 Å². The van der Waals surface area contributed by atoms with Crippen molar-refractivity contribution in [1.82, 2.24) is 19.7 Å². The summed E-state index contributed by atoms with van der Waals surface area (Å²) in [6.07, 6.45) is 1.21. The number of carbonyl (C=O) groups excluding carboxylic acids is 2. The number of benzene rings is 1. The van der Waals surface area contributed by atoms with E-state index in [1.807, 2.05) is 15.9 Å². The van der Waals surface area contributed by atoms with Crippen LogP contribution >= 0.6 is 0 Å². The maximum Gasteiger partial charge on any atom is 0.270 e. The molecule has 2 atom stereocenters. The molecule has 0 bridgehead atoms. The van der Waals surface area contributed by atoms with Crippen molar-refractivity contribution in [3.8, 4) is 0 Å². The fourth-order valence-corrected chi connectivity index (χ4v) is 5.15. The second kappa shape index (κ2) is 8.42. The maximum atomic E-state index is 13.0. The first-order chi connectivity index (χ1) is 14.3. The van der Waals surface area contributed by atoms with Crippen molar-refractivity contribution < 1.29 is 9.59 Å². The van der Waals surface area contributed by atoms with Gasteiger partial charge in [-0.1, -0.05) is 19.9 Å². The van der Waals surface area contributed by atoms with Crippen molar-refractivity contribution in [3.63, 3.8) is 0 Å². The zero-order chi connectivity index (χ0) is 21.4. The molecule has 1 aromatic carbocycles. The average Bonchev–Trinajstić information content (AvgIpc) is 3.11. The number of aryl methyl sites for hydroxylation is 2. The normalized spacial score (nSPS) is 23.2. The fourth-order valence-electron chi connectivity index (χ4n) is 5.15. The van der Waals surface area contributed by atoms with Crippen molar-refractivity contribution >= 4 is 22.7 Å². The molecule has 4 rings (SSSR count). The van der Waals surface area contributed by atoms with E-state index in [1.165, 1.54) is 17.5 Å². The molecular weight excluding hydrogens is 376 g/mol. The highest BCUT2D eigenvalue weighted by Gasteiger charge is 2.29. The highest BCUT2D eigenvalue weighted by molar-refractivity contribution is 5.99. The zero-order valence-electron chi connectivity index (χ0n) is 18.7. The molecule has 6 heteroatoms. The van der Waals surface area contributed by atoms with Gasteiger partial charge in [0.2, 0.25) is 5.91 Å². The molecule has 1 aromatic heterocycles. The average molecular weight is 411 g/mol. The van der Waals surface area contributed by atoms with Gasteiger partial charge in [-0.15, -0.1) is 0 Å². The smallest absolute Gasteiger partial charge is 0.270 e. The summed E-state index contributed by atoms with van der Waals surface area (Å²) in [5.41, 5.74) is 4.05. The largest absolute Gasteiger partial charge is 0.351 e. The lowest BCUT2D eigenvalue weighted by Crippen LogP contribution is -2.53. The molecule has 2 aliphatic rings. The Balaban J connectivity index is 1.33. The van der Waals surface area contributed by atoms with Crippen LogP contribution in [-0.4, -0.2) is 77.3 Å².